The Morgan fingerprint density at radius 1 is 0.929 bits per heavy atom. The maximum absolute atomic E-state index is 2.70. The number of fused-ring (bicyclic) bond motifs is 2. The second-order valence-electron chi connectivity index (χ2n) is 4.07. The summed E-state index contributed by atoms with van der Waals surface area (Å²) in [5.41, 5.74) is 0. The van der Waals surface area contributed by atoms with E-state index in [-0.39, 0.29) is 0 Å². The van der Waals surface area contributed by atoms with Crippen LogP contribution in [0.25, 0.3) is 0 Å². The molecule has 2 fully saturated rings. The second-order valence-corrected chi connectivity index (χ2v) is 4.07. The molecule has 2 heterocycles. The molecule has 0 amide bonds. The molecule has 2 aliphatic heterocycles. The first-order valence-corrected chi connectivity index (χ1v) is 6.33. The number of rotatable bonds is 2. The summed E-state index contributed by atoms with van der Waals surface area (Å²) in [4.78, 5) is 5.31. The minimum Gasteiger partial charge on any atom is -0.301 e. The third kappa shape index (κ3) is 2.29. The minimum atomic E-state index is 0.883. The number of hydrogen-bond donors (Lipinski definition) is 0. The lowest BCUT2D eigenvalue weighted by Crippen LogP contribution is -2.53. The van der Waals surface area contributed by atoms with Gasteiger partial charge in [-0.05, 0) is 25.9 Å². The maximum atomic E-state index is 2.70. The van der Waals surface area contributed by atoms with E-state index in [1.54, 1.807) is 0 Å². The standard InChI is InChI=1S/C10H20N2.C2H6/c1-3-11-7-9-5-6-10(8-11)12(9)4-2;1-2/h9-10H,3-8H2,1-2H3;1-2H3/t9-,10+;. The van der Waals surface area contributed by atoms with Crippen molar-refractivity contribution >= 4 is 0 Å². The predicted molar refractivity (Wildman–Crippen MR) is 62.7 cm³/mol. The molecular formula is C12H26N2. The van der Waals surface area contributed by atoms with Gasteiger partial charge in [-0.3, -0.25) is 4.90 Å². The highest BCUT2D eigenvalue weighted by Gasteiger charge is 2.37. The van der Waals surface area contributed by atoms with Crippen molar-refractivity contribution < 1.29 is 0 Å². The van der Waals surface area contributed by atoms with Crippen LogP contribution in [0, 0.1) is 0 Å². The molecule has 2 bridgehead atoms. The zero-order chi connectivity index (χ0) is 10.6. The topological polar surface area (TPSA) is 6.48 Å². The second kappa shape index (κ2) is 5.72. The third-order valence-corrected chi connectivity index (χ3v) is 3.52. The number of likely N-dealkylation sites (N-methyl/N-ethyl adjacent to an activating group) is 2. The van der Waals surface area contributed by atoms with Gasteiger partial charge in [-0.1, -0.05) is 27.7 Å². The van der Waals surface area contributed by atoms with Gasteiger partial charge in [-0.25, -0.2) is 0 Å². The largest absolute Gasteiger partial charge is 0.301 e. The lowest BCUT2D eigenvalue weighted by molar-refractivity contribution is 0.0750. The van der Waals surface area contributed by atoms with E-state index in [0.717, 1.165) is 12.1 Å². The number of hydrogen-bond acceptors (Lipinski definition) is 2. The number of nitrogens with zero attached hydrogens (tertiary/aromatic N) is 2. The van der Waals surface area contributed by atoms with Crippen LogP contribution in [0.2, 0.25) is 0 Å². The number of likely N-dealkylation sites (tertiary alicyclic amines) is 1. The highest BCUT2D eigenvalue weighted by Crippen LogP contribution is 2.29. The van der Waals surface area contributed by atoms with Gasteiger partial charge in [-0.15, -0.1) is 0 Å². The van der Waals surface area contributed by atoms with E-state index in [1.807, 2.05) is 13.8 Å². The average molecular weight is 198 g/mol. The van der Waals surface area contributed by atoms with Crippen molar-refractivity contribution in [3.8, 4) is 0 Å². The van der Waals surface area contributed by atoms with E-state index in [4.69, 9.17) is 0 Å². The van der Waals surface area contributed by atoms with Gasteiger partial charge in [0, 0.05) is 25.2 Å². The number of piperazine rings is 1. The van der Waals surface area contributed by atoms with Crippen molar-refractivity contribution in [2.75, 3.05) is 26.2 Å². The van der Waals surface area contributed by atoms with Crippen LogP contribution in [-0.4, -0.2) is 48.1 Å². The van der Waals surface area contributed by atoms with Crippen LogP contribution in [0.15, 0.2) is 0 Å². The minimum absolute atomic E-state index is 0.883. The highest BCUT2D eigenvalue weighted by molar-refractivity contribution is 4.94. The summed E-state index contributed by atoms with van der Waals surface area (Å²) in [7, 11) is 0. The van der Waals surface area contributed by atoms with Crippen molar-refractivity contribution in [1.82, 2.24) is 9.80 Å². The van der Waals surface area contributed by atoms with Gasteiger partial charge in [0.25, 0.3) is 0 Å². The molecule has 0 saturated carbocycles. The van der Waals surface area contributed by atoms with Gasteiger partial charge in [0.1, 0.15) is 0 Å². The van der Waals surface area contributed by atoms with Gasteiger partial charge in [-0.2, -0.15) is 0 Å². The molecule has 2 nitrogen and oxygen atoms in total. The van der Waals surface area contributed by atoms with Gasteiger partial charge in [0.2, 0.25) is 0 Å². The Hall–Kier alpha value is -0.0800. The zero-order valence-corrected chi connectivity index (χ0v) is 10.3. The summed E-state index contributed by atoms with van der Waals surface area (Å²) in [5, 5.41) is 0. The third-order valence-electron chi connectivity index (χ3n) is 3.52. The molecule has 84 valence electrons. The first-order chi connectivity index (χ1) is 6.85. The summed E-state index contributed by atoms with van der Waals surface area (Å²) in [6.45, 7) is 13.7. The Balaban J connectivity index is 0.000000461. The van der Waals surface area contributed by atoms with Crippen LogP contribution in [0.4, 0.5) is 0 Å². The predicted octanol–water partition coefficient (Wildman–Crippen LogP) is 2.20. The smallest absolute Gasteiger partial charge is 0.0227 e. The Bertz CT molecular complexity index is 144. The zero-order valence-electron chi connectivity index (χ0n) is 10.3. The molecule has 0 N–H and O–H groups in total. The summed E-state index contributed by atoms with van der Waals surface area (Å²) < 4.78 is 0. The van der Waals surface area contributed by atoms with E-state index in [2.05, 4.69) is 23.6 Å². The molecule has 0 radical (unpaired) electrons. The van der Waals surface area contributed by atoms with Crippen molar-refractivity contribution in [2.45, 2.75) is 52.6 Å². The maximum Gasteiger partial charge on any atom is 0.0227 e. The first-order valence-electron chi connectivity index (χ1n) is 6.33. The van der Waals surface area contributed by atoms with E-state index >= 15 is 0 Å². The fraction of sp³-hybridized carbons (Fsp3) is 1.00. The molecule has 0 aromatic heterocycles. The van der Waals surface area contributed by atoms with Crippen molar-refractivity contribution in [2.24, 2.45) is 0 Å². The Kier molecular flexibility index (Phi) is 4.90. The first kappa shape index (κ1) is 12.0. The quantitative estimate of drug-likeness (QED) is 0.671. The Morgan fingerprint density at radius 2 is 1.43 bits per heavy atom. The monoisotopic (exact) mass is 198 g/mol. The molecule has 2 atom stereocenters. The molecule has 14 heavy (non-hydrogen) atoms. The van der Waals surface area contributed by atoms with Gasteiger partial charge in [0.05, 0.1) is 0 Å². The normalized spacial score (nSPS) is 32.6. The summed E-state index contributed by atoms with van der Waals surface area (Å²) in [5.74, 6) is 0. The van der Waals surface area contributed by atoms with Gasteiger partial charge in [0.15, 0.2) is 0 Å². The van der Waals surface area contributed by atoms with Gasteiger partial charge >= 0.3 is 0 Å². The fourth-order valence-electron chi connectivity index (χ4n) is 2.85. The summed E-state index contributed by atoms with van der Waals surface area (Å²) >= 11 is 0. The van der Waals surface area contributed by atoms with Crippen LogP contribution < -0.4 is 0 Å². The summed E-state index contributed by atoms with van der Waals surface area (Å²) in [6.07, 6.45) is 2.88. The van der Waals surface area contributed by atoms with E-state index in [1.165, 1.54) is 39.0 Å². The van der Waals surface area contributed by atoms with Crippen molar-refractivity contribution in [3.05, 3.63) is 0 Å². The van der Waals surface area contributed by atoms with Crippen LogP contribution in [0.5, 0.6) is 0 Å². The van der Waals surface area contributed by atoms with E-state index in [9.17, 15) is 0 Å². The van der Waals surface area contributed by atoms with Crippen molar-refractivity contribution in [3.63, 3.8) is 0 Å². The molecule has 2 rings (SSSR count). The summed E-state index contributed by atoms with van der Waals surface area (Å²) in [6, 6.07) is 1.77. The molecule has 0 unspecified atom stereocenters. The fourth-order valence-corrected chi connectivity index (χ4v) is 2.85. The van der Waals surface area contributed by atoms with Crippen molar-refractivity contribution in [1.29, 1.82) is 0 Å². The Morgan fingerprint density at radius 3 is 1.79 bits per heavy atom. The SMILES string of the molecule is CC.CCN1C[C@H]2CC[C@@H](C1)N2CC. The molecule has 2 aliphatic rings. The van der Waals surface area contributed by atoms with E-state index in [0.29, 0.717) is 0 Å². The Labute approximate surface area is 89.3 Å². The van der Waals surface area contributed by atoms with Crippen LogP contribution >= 0.6 is 0 Å². The van der Waals surface area contributed by atoms with Crippen LogP contribution in [-0.2, 0) is 0 Å². The molecule has 0 aliphatic carbocycles. The van der Waals surface area contributed by atoms with Gasteiger partial charge < -0.3 is 4.90 Å². The molecule has 2 saturated heterocycles. The lowest BCUT2D eigenvalue weighted by Gasteiger charge is -2.40. The molecular weight excluding hydrogens is 172 g/mol. The van der Waals surface area contributed by atoms with Crippen LogP contribution in [0.3, 0.4) is 0 Å². The molecule has 0 aromatic carbocycles. The molecule has 2 heteroatoms. The van der Waals surface area contributed by atoms with E-state index < -0.39 is 0 Å². The average Bonchev–Trinajstić information content (AvgIpc) is 2.50. The van der Waals surface area contributed by atoms with Crippen LogP contribution in [0.1, 0.15) is 40.5 Å². The highest BCUT2D eigenvalue weighted by atomic mass is 15.3. The molecule has 0 spiro atoms. The lowest BCUT2D eigenvalue weighted by atomic mass is 10.2. The molecule has 0 aromatic rings.